The van der Waals surface area contributed by atoms with E-state index in [0.29, 0.717) is 41.2 Å². The van der Waals surface area contributed by atoms with Crippen molar-refractivity contribution in [3.63, 3.8) is 0 Å². The topological polar surface area (TPSA) is 94.5 Å². The highest BCUT2D eigenvalue weighted by molar-refractivity contribution is 6.32. The summed E-state index contributed by atoms with van der Waals surface area (Å²) in [5.74, 6) is -0.639. The molecule has 50 heavy (non-hydrogen) atoms. The lowest BCUT2D eigenvalue weighted by Crippen LogP contribution is -2.46. The number of aryl methyl sites for hydroxylation is 6. The Bertz CT molecular complexity index is 2340. The molecule has 0 saturated carbocycles. The van der Waals surface area contributed by atoms with Crippen LogP contribution in [0, 0.1) is 27.7 Å². The Balaban J connectivity index is 1.42. The molecule has 1 aliphatic heterocycles. The van der Waals surface area contributed by atoms with Gasteiger partial charge in [0.05, 0.1) is 41.1 Å². The number of ether oxygens (including phenoxy) is 1. The van der Waals surface area contributed by atoms with Crippen LogP contribution in [0.3, 0.4) is 0 Å². The van der Waals surface area contributed by atoms with Gasteiger partial charge in [-0.3, -0.25) is 14.4 Å². The Morgan fingerprint density at radius 3 is 2.32 bits per heavy atom. The van der Waals surface area contributed by atoms with Crippen LogP contribution in [-0.2, 0) is 20.5 Å². The number of fused-ring (bicyclic) bond motifs is 4. The highest BCUT2D eigenvalue weighted by Crippen LogP contribution is 2.50. The zero-order valence-electron chi connectivity index (χ0n) is 29.1. The van der Waals surface area contributed by atoms with E-state index in [1.807, 2.05) is 94.0 Å². The van der Waals surface area contributed by atoms with Crippen LogP contribution in [0.25, 0.3) is 21.8 Å². The van der Waals surface area contributed by atoms with Crippen LogP contribution in [0.5, 0.6) is 5.75 Å². The number of carboxylic acid groups (broad SMARTS) is 1. The van der Waals surface area contributed by atoms with Crippen molar-refractivity contribution < 1.29 is 19.4 Å². The van der Waals surface area contributed by atoms with Crippen LogP contribution < -0.4 is 9.64 Å². The first-order valence-electron chi connectivity index (χ1n) is 16.7. The average Bonchev–Trinajstić information content (AvgIpc) is 3.65. The highest BCUT2D eigenvalue weighted by Gasteiger charge is 2.46. The van der Waals surface area contributed by atoms with E-state index in [1.165, 1.54) is 0 Å². The second-order valence-corrected chi connectivity index (χ2v) is 14.1. The highest BCUT2D eigenvalue weighted by atomic mass is 35.5. The summed E-state index contributed by atoms with van der Waals surface area (Å²) in [5, 5.41) is 18.3. The van der Waals surface area contributed by atoms with Crippen molar-refractivity contribution in [2.45, 2.75) is 59.5 Å². The number of para-hydroxylation sites is 1. The predicted molar refractivity (Wildman–Crippen MR) is 199 cm³/mol. The number of carboxylic acids is 1. The zero-order valence-corrected chi connectivity index (χ0v) is 30.6. The van der Waals surface area contributed by atoms with Gasteiger partial charge in [0, 0.05) is 46.2 Å². The van der Waals surface area contributed by atoms with Gasteiger partial charge in [0.15, 0.2) is 5.69 Å². The quantitative estimate of drug-likeness (QED) is 0.159. The third-order valence-corrected chi connectivity index (χ3v) is 11.1. The predicted octanol–water partition coefficient (Wildman–Crippen LogP) is 9.08. The lowest BCUT2D eigenvalue weighted by Gasteiger charge is -2.42. The first-order chi connectivity index (χ1) is 23.8. The van der Waals surface area contributed by atoms with E-state index in [9.17, 15) is 9.90 Å². The van der Waals surface area contributed by atoms with Gasteiger partial charge in [-0.15, -0.1) is 0 Å². The summed E-state index contributed by atoms with van der Waals surface area (Å²) in [7, 11) is 3.62. The lowest BCUT2D eigenvalue weighted by atomic mass is 9.91. The number of anilines is 1. The zero-order chi connectivity index (χ0) is 35.8. The average molecular weight is 713 g/mol. The fourth-order valence-corrected chi connectivity index (χ4v) is 8.25. The molecular weight excluding hydrogens is 673 g/mol. The van der Waals surface area contributed by atoms with Gasteiger partial charge in [-0.05, 0) is 94.5 Å². The molecule has 0 fully saturated rings. The van der Waals surface area contributed by atoms with Gasteiger partial charge in [0.25, 0.3) is 5.91 Å². The number of nitrogens with zero attached hydrogens (tertiary/aromatic N) is 5. The van der Waals surface area contributed by atoms with E-state index in [4.69, 9.17) is 33.0 Å². The number of hydrogen-bond donors (Lipinski definition) is 1. The van der Waals surface area contributed by atoms with E-state index in [2.05, 4.69) is 11.5 Å². The molecule has 0 radical (unpaired) electrons. The van der Waals surface area contributed by atoms with Crippen LogP contribution in [0.15, 0.2) is 54.6 Å². The molecule has 1 aliphatic rings. The van der Waals surface area contributed by atoms with Gasteiger partial charge >= 0.3 is 5.97 Å². The monoisotopic (exact) mass is 711 g/mol. The molecular formula is C39H39Cl2N5O4. The van der Waals surface area contributed by atoms with Crippen molar-refractivity contribution in [1.82, 2.24) is 18.9 Å². The summed E-state index contributed by atoms with van der Waals surface area (Å²) in [5.41, 5.74) is 7.86. The third kappa shape index (κ3) is 5.17. The van der Waals surface area contributed by atoms with Gasteiger partial charge in [0.2, 0.25) is 0 Å². The number of carbonyl (C=O) groups excluding carboxylic acids is 1. The molecule has 0 spiro atoms. The molecule has 0 saturated heterocycles. The normalized spacial score (nSPS) is 16.1. The minimum Gasteiger partial charge on any atom is -0.494 e. The van der Waals surface area contributed by atoms with Crippen LogP contribution in [0.4, 0.5) is 5.69 Å². The maximum atomic E-state index is 15.4. The molecule has 0 aliphatic carbocycles. The van der Waals surface area contributed by atoms with Gasteiger partial charge in [-0.1, -0.05) is 47.5 Å². The summed E-state index contributed by atoms with van der Waals surface area (Å²) in [6.07, 6.45) is 1.19. The number of halogens is 2. The van der Waals surface area contributed by atoms with Crippen molar-refractivity contribution in [2.75, 3.05) is 11.5 Å². The molecule has 4 heterocycles. The summed E-state index contributed by atoms with van der Waals surface area (Å²) < 4.78 is 11.7. The second kappa shape index (κ2) is 12.5. The molecule has 9 nitrogen and oxygen atoms in total. The van der Waals surface area contributed by atoms with Crippen LogP contribution >= 0.6 is 23.2 Å². The van der Waals surface area contributed by atoms with Crippen molar-refractivity contribution in [3.8, 4) is 5.75 Å². The lowest BCUT2D eigenvalue weighted by molar-refractivity contribution is 0.0687. The third-order valence-electron chi connectivity index (χ3n) is 10.3. The first kappa shape index (κ1) is 33.8. The maximum Gasteiger partial charge on any atom is 0.354 e. The second-order valence-electron chi connectivity index (χ2n) is 13.3. The fraction of sp³-hybridized carbons (Fsp3) is 0.308. The minimum atomic E-state index is -1.11. The molecule has 258 valence electrons. The van der Waals surface area contributed by atoms with E-state index < -0.39 is 12.0 Å². The molecule has 0 bridgehead atoms. The number of aromatic nitrogens is 4. The van der Waals surface area contributed by atoms with E-state index >= 15 is 4.79 Å². The van der Waals surface area contributed by atoms with Crippen LogP contribution in [-0.4, -0.2) is 42.5 Å². The van der Waals surface area contributed by atoms with Gasteiger partial charge in [0.1, 0.15) is 11.4 Å². The molecule has 1 unspecified atom stereocenters. The largest absolute Gasteiger partial charge is 0.494 e. The maximum absolute atomic E-state index is 15.4. The number of benzene rings is 3. The smallest absolute Gasteiger partial charge is 0.354 e. The molecule has 3 aromatic heterocycles. The summed E-state index contributed by atoms with van der Waals surface area (Å²) in [6.45, 7) is 10.4. The summed E-state index contributed by atoms with van der Waals surface area (Å²) in [6, 6.07) is 16.2. The van der Waals surface area contributed by atoms with E-state index in [1.54, 1.807) is 16.5 Å². The van der Waals surface area contributed by atoms with E-state index in [-0.39, 0.29) is 17.6 Å². The Hall–Kier alpha value is -4.73. The number of rotatable bonds is 8. The summed E-state index contributed by atoms with van der Waals surface area (Å²) >= 11 is 13.0. The van der Waals surface area contributed by atoms with Crippen LogP contribution in [0.2, 0.25) is 10.0 Å². The van der Waals surface area contributed by atoms with Gasteiger partial charge in [-0.2, -0.15) is 5.10 Å². The number of aromatic carboxylic acids is 1. The number of amides is 1. The van der Waals surface area contributed by atoms with Gasteiger partial charge < -0.3 is 19.0 Å². The first-order valence-corrected chi connectivity index (χ1v) is 17.4. The fourth-order valence-electron chi connectivity index (χ4n) is 7.98. The molecule has 3 aromatic carbocycles. The Morgan fingerprint density at radius 2 is 1.66 bits per heavy atom. The van der Waals surface area contributed by atoms with E-state index in [0.717, 1.165) is 60.8 Å². The van der Waals surface area contributed by atoms with Gasteiger partial charge in [-0.25, -0.2) is 4.79 Å². The molecule has 6 aromatic rings. The van der Waals surface area contributed by atoms with Crippen molar-refractivity contribution >= 4 is 62.6 Å². The summed E-state index contributed by atoms with van der Waals surface area (Å²) in [4.78, 5) is 30.2. The number of hydrogen-bond acceptors (Lipinski definition) is 4. The van der Waals surface area contributed by atoms with Crippen molar-refractivity contribution in [3.05, 3.63) is 110 Å². The Kier molecular flexibility index (Phi) is 8.47. The molecule has 11 heteroatoms. The molecule has 1 N–H and O–H groups in total. The van der Waals surface area contributed by atoms with Crippen molar-refractivity contribution in [1.29, 1.82) is 0 Å². The Morgan fingerprint density at radius 1 is 0.960 bits per heavy atom. The standard InChI is InChI=1S/C39H39Cl2N5O4/c1-20-17-26(18-21(2)33(20)41)50-16-10-12-28-27-15-14-25(40)19-31(27)45-24(5)34(32-22(3)42-44(7)23(32)4)46(38(47)36(28)45)35-29-11-8-9-13-30(29)43(6)37(35)39(48)49/h8-9,11,13-15,17-19,24,34H,10,12,16H2,1-7H3,(H,48,49)/t24?,34-/m0/s1. The minimum absolute atomic E-state index is 0.0482. The molecule has 7 rings (SSSR count). The Labute approximate surface area is 300 Å². The SMILES string of the molecule is Cc1cc(OCCCc2c3n(c4cc(Cl)ccc24)C(C)[C@@H](c2c(C)nn(C)c2C)N(c2c(C(=O)O)n(C)c4ccccc24)C3=O)cc(C)c1Cl. The van der Waals surface area contributed by atoms with Crippen LogP contribution in [0.1, 0.15) is 80.0 Å². The van der Waals surface area contributed by atoms with Crippen molar-refractivity contribution in [2.24, 2.45) is 14.1 Å². The number of carbonyl (C=O) groups is 2. The molecule has 2 atom stereocenters. The molecule has 1 amide bonds.